The second-order valence-corrected chi connectivity index (χ2v) is 6.24. The van der Waals surface area contributed by atoms with E-state index in [1.54, 1.807) is 0 Å². The fraction of sp³-hybridized carbons (Fsp3) is 0.714. The molecule has 0 aromatic carbocycles. The third-order valence-corrected chi connectivity index (χ3v) is 4.75. The molecule has 2 fully saturated rings. The third-order valence-electron chi connectivity index (χ3n) is 4.49. The number of aryl methyl sites for hydroxylation is 1. The Balaban J connectivity index is 1.31. The molecule has 2 aliphatic rings. The summed E-state index contributed by atoms with van der Waals surface area (Å²) in [6.07, 6.45) is 12.3. The average molecular weight is 278 g/mol. The van der Waals surface area contributed by atoms with Crippen LogP contribution >= 0.6 is 12.2 Å². The maximum Gasteiger partial charge on any atom is 0.166 e. The highest BCUT2D eigenvalue weighted by Crippen LogP contribution is 2.44. The summed E-state index contributed by atoms with van der Waals surface area (Å²) in [5, 5.41) is 7.66. The van der Waals surface area contributed by atoms with E-state index in [1.807, 2.05) is 18.7 Å². The Kier molecular flexibility index (Phi) is 4.01. The van der Waals surface area contributed by atoms with Gasteiger partial charge in [-0.15, -0.1) is 0 Å². The lowest BCUT2D eigenvalue weighted by Crippen LogP contribution is -2.44. The van der Waals surface area contributed by atoms with Gasteiger partial charge in [0.15, 0.2) is 5.11 Å². The van der Waals surface area contributed by atoms with Crippen LogP contribution in [0.2, 0.25) is 0 Å². The van der Waals surface area contributed by atoms with Gasteiger partial charge in [-0.1, -0.05) is 6.42 Å². The standard InChI is InChI=1S/C14H22N4S/c19-14(16-4-1-6-18-7-5-15-10-18)17-13-9-11-2-3-12(13)8-11/h5,7,10-13H,1-4,6,8-9H2,(H2,16,17,19)/t11-,12+,13-/m0/s1. The SMILES string of the molecule is S=C(NCCCn1ccnc1)N[C@H]1C[C@H]2CC[C@@H]1C2. The first-order chi connectivity index (χ1) is 9.31. The summed E-state index contributed by atoms with van der Waals surface area (Å²) in [7, 11) is 0. The van der Waals surface area contributed by atoms with E-state index in [0.29, 0.717) is 6.04 Å². The predicted octanol–water partition coefficient (Wildman–Crippen LogP) is 1.93. The van der Waals surface area contributed by atoms with Gasteiger partial charge in [0.1, 0.15) is 0 Å². The number of hydrogen-bond acceptors (Lipinski definition) is 2. The molecule has 3 rings (SSSR count). The van der Waals surface area contributed by atoms with Crippen LogP contribution in [-0.4, -0.2) is 27.3 Å². The van der Waals surface area contributed by atoms with E-state index >= 15 is 0 Å². The van der Waals surface area contributed by atoms with Gasteiger partial charge in [-0.25, -0.2) is 4.98 Å². The van der Waals surface area contributed by atoms with Crippen LogP contribution in [0.4, 0.5) is 0 Å². The summed E-state index contributed by atoms with van der Waals surface area (Å²) in [4.78, 5) is 4.03. The van der Waals surface area contributed by atoms with Crippen molar-refractivity contribution in [2.75, 3.05) is 6.54 Å². The summed E-state index contributed by atoms with van der Waals surface area (Å²) in [6.45, 7) is 1.91. The summed E-state index contributed by atoms with van der Waals surface area (Å²) in [6, 6.07) is 0.632. The minimum atomic E-state index is 0.632. The van der Waals surface area contributed by atoms with Gasteiger partial charge in [-0.05, 0) is 49.7 Å². The van der Waals surface area contributed by atoms with Crippen molar-refractivity contribution >= 4 is 17.3 Å². The first-order valence-corrected chi connectivity index (χ1v) is 7.72. The monoisotopic (exact) mass is 278 g/mol. The van der Waals surface area contributed by atoms with Crippen molar-refractivity contribution in [1.82, 2.24) is 20.2 Å². The summed E-state index contributed by atoms with van der Waals surface area (Å²) >= 11 is 5.38. The van der Waals surface area contributed by atoms with Crippen LogP contribution in [0.25, 0.3) is 0 Å². The molecular weight excluding hydrogens is 256 g/mol. The van der Waals surface area contributed by atoms with E-state index in [0.717, 1.165) is 36.5 Å². The van der Waals surface area contributed by atoms with Crippen molar-refractivity contribution in [3.63, 3.8) is 0 Å². The molecule has 5 heteroatoms. The zero-order valence-corrected chi connectivity index (χ0v) is 12.0. The van der Waals surface area contributed by atoms with Gasteiger partial charge >= 0.3 is 0 Å². The zero-order chi connectivity index (χ0) is 13.1. The summed E-state index contributed by atoms with van der Waals surface area (Å²) < 4.78 is 2.09. The average Bonchev–Trinajstić information content (AvgIpc) is 3.11. The van der Waals surface area contributed by atoms with Crippen LogP contribution in [0.1, 0.15) is 32.1 Å². The van der Waals surface area contributed by atoms with E-state index in [1.165, 1.54) is 25.7 Å². The minimum absolute atomic E-state index is 0.632. The molecule has 2 aliphatic carbocycles. The van der Waals surface area contributed by atoms with Gasteiger partial charge < -0.3 is 15.2 Å². The summed E-state index contributed by atoms with van der Waals surface area (Å²) in [5.41, 5.74) is 0. The Morgan fingerprint density at radius 1 is 1.37 bits per heavy atom. The number of nitrogens with one attached hydrogen (secondary N) is 2. The highest BCUT2D eigenvalue weighted by Gasteiger charge is 2.39. The van der Waals surface area contributed by atoms with Gasteiger partial charge in [-0.3, -0.25) is 0 Å². The molecule has 1 aromatic rings. The maximum atomic E-state index is 5.38. The molecule has 4 nitrogen and oxygen atoms in total. The van der Waals surface area contributed by atoms with Crippen LogP contribution < -0.4 is 10.6 Å². The molecule has 1 aromatic heterocycles. The Morgan fingerprint density at radius 2 is 2.32 bits per heavy atom. The number of thiocarbonyl (C=S) groups is 1. The summed E-state index contributed by atoms with van der Waals surface area (Å²) in [5.74, 6) is 1.84. The number of hydrogen-bond donors (Lipinski definition) is 2. The van der Waals surface area contributed by atoms with Gasteiger partial charge in [0.05, 0.1) is 6.33 Å². The molecule has 0 spiro atoms. The van der Waals surface area contributed by atoms with Gasteiger partial charge in [-0.2, -0.15) is 0 Å². The number of fused-ring (bicyclic) bond motifs is 2. The smallest absolute Gasteiger partial charge is 0.166 e. The Labute approximate surface area is 120 Å². The van der Waals surface area contributed by atoms with Crippen molar-refractivity contribution in [3.05, 3.63) is 18.7 Å². The van der Waals surface area contributed by atoms with Crippen molar-refractivity contribution in [1.29, 1.82) is 0 Å². The molecule has 104 valence electrons. The van der Waals surface area contributed by atoms with Crippen LogP contribution in [-0.2, 0) is 6.54 Å². The van der Waals surface area contributed by atoms with Gasteiger partial charge in [0.25, 0.3) is 0 Å². The van der Waals surface area contributed by atoms with Crippen LogP contribution in [0, 0.1) is 11.8 Å². The molecule has 0 saturated heterocycles. The lowest BCUT2D eigenvalue weighted by atomic mass is 9.96. The van der Waals surface area contributed by atoms with Crippen molar-refractivity contribution in [3.8, 4) is 0 Å². The van der Waals surface area contributed by atoms with Crippen molar-refractivity contribution < 1.29 is 0 Å². The Hall–Kier alpha value is -1.10. The van der Waals surface area contributed by atoms with E-state index in [4.69, 9.17) is 12.2 Å². The normalized spacial score (nSPS) is 28.5. The molecule has 19 heavy (non-hydrogen) atoms. The lowest BCUT2D eigenvalue weighted by molar-refractivity contribution is 0.389. The first kappa shape index (κ1) is 12.9. The molecule has 2 N–H and O–H groups in total. The largest absolute Gasteiger partial charge is 0.363 e. The minimum Gasteiger partial charge on any atom is -0.363 e. The molecule has 2 bridgehead atoms. The van der Waals surface area contributed by atoms with E-state index in [2.05, 4.69) is 20.2 Å². The van der Waals surface area contributed by atoms with E-state index in [9.17, 15) is 0 Å². The molecule has 1 heterocycles. The molecule has 0 amide bonds. The quantitative estimate of drug-likeness (QED) is 0.638. The molecular formula is C14H22N4S. The van der Waals surface area contributed by atoms with Gasteiger partial charge in [0, 0.05) is 31.5 Å². The fourth-order valence-electron chi connectivity index (χ4n) is 3.52. The van der Waals surface area contributed by atoms with Crippen LogP contribution in [0.3, 0.4) is 0 Å². The molecule has 0 aliphatic heterocycles. The number of nitrogens with zero attached hydrogens (tertiary/aromatic N) is 2. The maximum absolute atomic E-state index is 5.38. The van der Waals surface area contributed by atoms with Crippen molar-refractivity contribution in [2.24, 2.45) is 11.8 Å². The molecule has 0 unspecified atom stereocenters. The molecule has 3 atom stereocenters. The second kappa shape index (κ2) is 5.90. The van der Waals surface area contributed by atoms with E-state index < -0.39 is 0 Å². The fourth-order valence-corrected chi connectivity index (χ4v) is 3.78. The predicted molar refractivity (Wildman–Crippen MR) is 79.8 cm³/mol. The number of aromatic nitrogens is 2. The number of imidazole rings is 1. The van der Waals surface area contributed by atoms with Gasteiger partial charge in [0.2, 0.25) is 0 Å². The molecule has 2 saturated carbocycles. The molecule has 0 radical (unpaired) electrons. The van der Waals surface area contributed by atoms with Crippen LogP contribution in [0.5, 0.6) is 0 Å². The highest BCUT2D eigenvalue weighted by atomic mass is 32.1. The third kappa shape index (κ3) is 3.26. The van der Waals surface area contributed by atoms with Crippen molar-refractivity contribution in [2.45, 2.75) is 44.7 Å². The second-order valence-electron chi connectivity index (χ2n) is 5.84. The zero-order valence-electron chi connectivity index (χ0n) is 11.2. The Morgan fingerprint density at radius 3 is 3.00 bits per heavy atom. The first-order valence-electron chi connectivity index (χ1n) is 7.31. The number of rotatable bonds is 5. The van der Waals surface area contributed by atoms with E-state index in [-0.39, 0.29) is 0 Å². The highest BCUT2D eigenvalue weighted by molar-refractivity contribution is 7.80. The topological polar surface area (TPSA) is 41.9 Å². The van der Waals surface area contributed by atoms with Crippen LogP contribution in [0.15, 0.2) is 18.7 Å². The Bertz CT molecular complexity index is 417. The lowest BCUT2D eigenvalue weighted by Gasteiger charge is -2.24.